The van der Waals surface area contributed by atoms with Gasteiger partial charge in [0.2, 0.25) is 0 Å². The van der Waals surface area contributed by atoms with Gasteiger partial charge in [-0.15, -0.1) is 5.10 Å². The van der Waals surface area contributed by atoms with Gasteiger partial charge in [0.25, 0.3) is 0 Å². The molecule has 9 heteroatoms. The fraction of sp³-hybridized carbons (Fsp3) is 0.833. The molecule has 0 spiro atoms. The summed E-state index contributed by atoms with van der Waals surface area (Å²) in [6.45, 7) is 2.70. The maximum absolute atomic E-state index is 9.92. The number of hydrogen-bond donors (Lipinski definition) is 5. The van der Waals surface area contributed by atoms with Crippen LogP contribution in [-0.2, 0) is 16.9 Å². The first-order valence-corrected chi connectivity index (χ1v) is 6.67. The van der Waals surface area contributed by atoms with E-state index in [0.29, 0.717) is 5.69 Å². The summed E-state index contributed by atoms with van der Waals surface area (Å²) in [7, 11) is 0. The van der Waals surface area contributed by atoms with Gasteiger partial charge in [-0.2, -0.15) is 0 Å². The molecule has 1 fully saturated rings. The van der Waals surface area contributed by atoms with Crippen molar-refractivity contribution >= 4 is 0 Å². The summed E-state index contributed by atoms with van der Waals surface area (Å²) in [5.41, 5.74) is -0.789. The van der Waals surface area contributed by atoms with Crippen molar-refractivity contribution in [3.8, 4) is 0 Å². The Labute approximate surface area is 121 Å². The van der Waals surface area contributed by atoms with Crippen molar-refractivity contribution in [2.45, 2.75) is 50.6 Å². The molecule has 0 saturated carbocycles. The van der Waals surface area contributed by atoms with Crippen molar-refractivity contribution in [2.75, 3.05) is 6.61 Å². The first kappa shape index (κ1) is 16.3. The van der Waals surface area contributed by atoms with Gasteiger partial charge in [-0.25, -0.2) is 0 Å². The molecule has 0 bridgehead atoms. The Balaban J connectivity index is 2.14. The average Bonchev–Trinajstić information content (AvgIpc) is 2.98. The highest BCUT2D eigenvalue weighted by atomic mass is 16.6. The molecular formula is C12H21N3O6. The predicted molar refractivity (Wildman–Crippen MR) is 68.7 cm³/mol. The minimum Gasteiger partial charge on any atom is -0.394 e. The number of rotatable bonds is 5. The standard InChI is InChI=1S/C12H21N3O6/c1-12(2,20)8-4-15(14-13-8)3-6-9(18)11(19)21-10(6)7(17)5-16/h4,6-7,9-11,16-20H,3,5H2,1-2H3/t6-,7+,9+,10-,11+/m0/s1. The van der Waals surface area contributed by atoms with E-state index < -0.39 is 42.7 Å². The molecule has 120 valence electrons. The quantitative estimate of drug-likeness (QED) is 0.404. The molecule has 5 N–H and O–H groups in total. The van der Waals surface area contributed by atoms with Gasteiger partial charge in [-0.05, 0) is 13.8 Å². The number of aromatic nitrogens is 3. The van der Waals surface area contributed by atoms with Gasteiger partial charge in [-0.3, -0.25) is 4.68 Å². The second-order valence-electron chi connectivity index (χ2n) is 5.78. The first-order valence-electron chi connectivity index (χ1n) is 6.67. The Hall–Kier alpha value is -1.10. The molecule has 0 aliphatic carbocycles. The summed E-state index contributed by atoms with van der Waals surface area (Å²) in [6, 6.07) is 0. The summed E-state index contributed by atoms with van der Waals surface area (Å²) >= 11 is 0. The normalized spacial score (nSPS) is 31.6. The van der Waals surface area contributed by atoms with E-state index in [1.165, 1.54) is 10.9 Å². The number of aliphatic hydroxyl groups is 5. The molecule has 2 rings (SSSR count). The van der Waals surface area contributed by atoms with Crippen molar-refractivity contribution in [1.29, 1.82) is 0 Å². The van der Waals surface area contributed by atoms with E-state index in [2.05, 4.69) is 10.3 Å². The van der Waals surface area contributed by atoms with Crippen LogP contribution in [-0.4, -0.2) is 71.7 Å². The van der Waals surface area contributed by atoms with Crippen LogP contribution >= 0.6 is 0 Å². The second kappa shape index (κ2) is 5.95. The van der Waals surface area contributed by atoms with Gasteiger partial charge in [0.15, 0.2) is 6.29 Å². The average molecular weight is 303 g/mol. The van der Waals surface area contributed by atoms with Crippen LogP contribution in [0, 0.1) is 5.92 Å². The number of ether oxygens (including phenoxy) is 1. The van der Waals surface area contributed by atoms with Gasteiger partial charge in [0.1, 0.15) is 23.5 Å². The molecule has 1 aliphatic heterocycles. The molecule has 2 heterocycles. The molecular weight excluding hydrogens is 282 g/mol. The van der Waals surface area contributed by atoms with Crippen LogP contribution in [0.15, 0.2) is 6.20 Å². The zero-order valence-electron chi connectivity index (χ0n) is 11.9. The lowest BCUT2D eigenvalue weighted by Gasteiger charge is -2.22. The maximum atomic E-state index is 9.92. The highest BCUT2D eigenvalue weighted by molar-refractivity contribution is 5.03. The van der Waals surface area contributed by atoms with E-state index in [4.69, 9.17) is 9.84 Å². The third-order valence-corrected chi connectivity index (χ3v) is 3.58. The second-order valence-corrected chi connectivity index (χ2v) is 5.78. The molecule has 21 heavy (non-hydrogen) atoms. The van der Waals surface area contributed by atoms with Gasteiger partial charge in [0.05, 0.1) is 25.5 Å². The lowest BCUT2D eigenvalue weighted by atomic mass is 9.95. The Bertz CT molecular complexity index is 474. The van der Waals surface area contributed by atoms with E-state index in [9.17, 15) is 20.4 Å². The third kappa shape index (κ3) is 3.39. The summed E-state index contributed by atoms with van der Waals surface area (Å²) in [5, 5.41) is 55.7. The SMILES string of the molecule is CC(C)(O)c1cn(C[C@H]2[C@@H](O)[C@H](O)O[C@@H]2[C@H](O)CO)nn1. The molecule has 1 aromatic rings. The van der Waals surface area contributed by atoms with E-state index in [0.717, 1.165) is 0 Å². The topological polar surface area (TPSA) is 141 Å². The molecule has 9 nitrogen and oxygen atoms in total. The molecule has 0 aromatic carbocycles. The zero-order valence-corrected chi connectivity index (χ0v) is 11.9. The van der Waals surface area contributed by atoms with E-state index >= 15 is 0 Å². The minimum atomic E-state index is -1.43. The monoisotopic (exact) mass is 303 g/mol. The Morgan fingerprint density at radius 1 is 1.43 bits per heavy atom. The number of hydrogen-bond acceptors (Lipinski definition) is 8. The van der Waals surface area contributed by atoms with Crippen LogP contribution < -0.4 is 0 Å². The van der Waals surface area contributed by atoms with Crippen LogP contribution in [0.4, 0.5) is 0 Å². The van der Waals surface area contributed by atoms with E-state index in [-0.39, 0.29) is 6.54 Å². The van der Waals surface area contributed by atoms with Crippen molar-refractivity contribution in [1.82, 2.24) is 15.0 Å². The largest absolute Gasteiger partial charge is 0.394 e. The molecule has 0 amide bonds. The fourth-order valence-corrected chi connectivity index (χ4v) is 2.32. The lowest BCUT2D eigenvalue weighted by molar-refractivity contribution is -0.149. The fourth-order valence-electron chi connectivity index (χ4n) is 2.32. The minimum absolute atomic E-state index is 0.114. The van der Waals surface area contributed by atoms with E-state index in [1.54, 1.807) is 13.8 Å². The molecule has 1 aliphatic rings. The Morgan fingerprint density at radius 2 is 2.10 bits per heavy atom. The third-order valence-electron chi connectivity index (χ3n) is 3.58. The van der Waals surface area contributed by atoms with Crippen molar-refractivity contribution < 1.29 is 30.3 Å². The van der Waals surface area contributed by atoms with Crippen molar-refractivity contribution in [3.63, 3.8) is 0 Å². The first-order chi connectivity index (χ1) is 9.74. The van der Waals surface area contributed by atoms with Crippen LogP contribution in [0.5, 0.6) is 0 Å². The predicted octanol–water partition coefficient (Wildman–Crippen LogP) is -2.45. The maximum Gasteiger partial charge on any atom is 0.181 e. The van der Waals surface area contributed by atoms with Gasteiger partial charge >= 0.3 is 0 Å². The van der Waals surface area contributed by atoms with Gasteiger partial charge < -0.3 is 30.3 Å². The van der Waals surface area contributed by atoms with E-state index in [1.807, 2.05) is 0 Å². The van der Waals surface area contributed by atoms with Gasteiger partial charge in [0, 0.05) is 5.92 Å². The highest BCUT2D eigenvalue weighted by Crippen LogP contribution is 2.29. The smallest absolute Gasteiger partial charge is 0.181 e. The summed E-state index contributed by atoms with van der Waals surface area (Å²) in [5.74, 6) is -0.668. The number of aliphatic hydroxyl groups excluding tert-OH is 4. The van der Waals surface area contributed by atoms with Gasteiger partial charge in [-0.1, -0.05) is 5.21 Å². The lowest BCUT2D eigenvalue weighted by Crippen LogP contribution is -2.39. The molecule has 1 aromatic heterocycles. The zero-order chi connectivity index (χ0) is 15.8. The van der Waals surface area contributed by atoms with Crippen molar-refractivity contribution in [2.24, 2.45) is 5.92 Å². The van der Waals surface area contributed by atoms with Crippen LogP contribution in [0.1, 0.15) is 19.5 Å². The van der Waals surface area contributed by atoms with Crippen molar-refractivity contribution in [3.05, 3.63) is 11.9 Å². The molecule has 0 unspecified atom stereocenters. The Kier molecular flexibility index (Phi) is 4.61. The molecule has 0 radical (unpaired) electrons. The van der Waals surface area contributed by atoms with Crippen LogP contribution in [0.2, 0.25) is 0 Å². The molecule has 1 saturated heterocycles. The highest BCUT2D eigenvalue weighted by Gasteiger charge is 2.46. The Morgan fingerprint density at radius 3 is 2.62 bits per heavy atom. The van der Waals surface area contributed by atoms with Crippen LogP contribution in [0.3, 0.4) is 0 Å². The van der Waals surface area contributed by atoms with Crippen LogP contribution in [0.25, 0.3) is 0 Å². The summed E-state index contributed by atoms with van der Waals surface area (Å²) in [6.07, 6.45) is -3.28. The summed E-state index contributed by atoms with van der Waals surface area (Å²) < 4.78 is 6.46. The summed E-state index contributed by atoms with van der Waals surface area (Å²) in [4.78, 5) is 0. The number of nitrogens with zero attached hydrogens (tertiary/aromatic N) is 3. The molecule has 5 atom stereocenters.